The number of ether oxygens (including phenoxy) is 1. The highest BCUT2D eigenvalue weighted by atomic mass is 16.5. The van der Waals surface area contributed by atoms with E-state index in [1.165, 1.54) is 11.6 Å². The van der Waals surface area contributed by atoms with E-state index < -0.39 is 5.69 Å². The minimum absolute atomic E-state index is 0.0214. The number of fused-ring (bicyclic) bond motifs is 1. The molecule has 24 heavy (non-hydrogen) atoms. The zero-order valence-electron chi connectivity index (χ0n) is 14.5. The topological polar surface area (TPSA) is 83.1 Å². The molecule has 0 spiro atoms. The molecule has 8 nitrogen and oxygen atoms in total. The van der Waals surface area contributed by atoms with Gasteiger partial charge in [-0.3, -0.25) is 18.5 Å². The van der Waals surface area contributed by atoms with Gasteiger partial charge in [0.15, 0.2) is 11.2 Å². The van der Waals surface area contributed by atoms with Crippen LogP contribution in [0.2, 0.25) is 0 Å². The summed E-state index contributed by atoms with van der Waals surface area (Å²) in [5, 5.41) is 3.24. The predicted octanol–water partition coefficient (Wildman–Crippen LogP) is 0.141. The Bertz CT molecular complexity index is 908. The van der Waals surface area contributed by atoms with Gasteiger partial charge in [0.05, 0.1) is 0 Å². The van der Waals surface area contributed by atoms with Crippen LogP contribution in [0.15, 0.2) is 21.2 Å². The molecule has 1 aliphatic heterocycles. The zero-order valence-corrected chi connectivity index (χ0v) is 14.5. The van der Waals surface area contributed by atoms with Crippen LogP contribution >= 0.6 is 0 Å². The quantitative estimate of drug-likeness (QED) is 0.805. The molecule has 1 saturated heterocycles. The fraction of sp³-hybridized carbons (Fsp3) is 0.562. The molecule has 0 bridgehead atoms. The summed E-state index contributed by atoms with van der Waals surface area (Å²) in [5.74, 6) is 0. The number of aromatic nitrogens is 4. The number of nitrogens with one attached hydrogen (secondary N) is 1. The molecule has 0 radical (unpaired) electrons. The van der Waals surface area contributed by atoms with E-state index in [4.69, 9.17) is 4.74 Å². The Labute approximate surface area is 139 Å². The zero-order chi connectivity index (χ0) is 17.4. The maximum atomic E-state index is 12.6. The molecule has 0 aromatic carbocycles. The van der Waals surface area contributed by atoms with Crippen molar-refractivity contribution in [2.75, 3.05) is 13.1 Å². The monoisotopic (exact) mass is 333 g/mol. The summed E-state index contributed by atoms with van der Waals surface area (Å²) in [6.07, 6.45) is 2.92. The molecule has 0 aliphatic carbocycles. The SMILES string of the molecule is CC(C)=CCn1c(O[C@H]2CCNC2)nc2c1c(=O)n(C)c(=O)n2C. The molecule has 0 unspecified atom stereocenters. The third-order valence-electron chi connectivity index (χ3n) is 4.28. The molecule has 2 aromatic heterocycles. The number of nitrogens with zero attached hydrogens (tertiary/aromatic N) is 4. The number of allylic oxidation sites excluding steroid dienone is 2. The molecule has 130 valence electrons. The summed E-state index contributed by atoms with van der Waals surface area (Å²) in [6.45, 7) is 6.12. The average Bonchev–Trinajstić information content (AvgIpc) is 3.17. The second-order valence-electron chi connectivity index (χ2n) is 6.40. The molecular weight excluding hydrogens is 310 g/mol. The minimum Gasteiger partial charge on any atom is -0.460 e. The summed E-state index contributed by atoms with van der Waals surface area (Å²) < 4.78 is 10.2. The fourth-order valence-corrected chi connectivity index (χ4v) is 2.84. The van der Waals surface area contributed by atoms with Crippen LogP contribution in [0.1, 0.15) is 20.3 Å². The van der Waals surface area contributed by atoms with Crippen molar-refractivity contribution >= 4 is 11.2 Å². The molecular formula is C16H23N5O3. The summed E-state index contributed by atoms with van der Waals surface area (Å²) in [7, 11) is 3.09. The summed E-state index contributed by atoms with van der Waals surface area (Å²) >= 11 is 0. The number of rotatable bonds is 4. The molecule has 1 atom stereocenters. The lowest BCUT2D eigenvalue weighted by Crippen LogP contribution is -2.37. The van der Waals surface area contributed by atoms with Crippen LogP contribution < -0.4 is 21.3 Å². The van der Waals surface area contributed by atoms with E-state index in [0.717, 1.165) is 29.7 Å². The van der Waals surface area contributed by atoms with Gasteiger partial charge in [-0.05, 0) is 26.8 Å². The van der Waals surface area contributed by atoms with Gasteiger partial charge in [0.2, 0.25) is 0 Å². The maximum Gasteiger partial charge on any atom is 0.332 e. The predicted molar refractivity (Wildman–Crippen MR) is 91.5 cm³/mol. The lowest BCUT2D eigenvalue weighted by atomic mass is 10.3. The molecule has 0 amide bonds. The van der Waals surface area contributed by atoms with Crippen molar-refractivity contribution in [1.29, 1.82) is 0 Å². The fourth-order valence-electron chi connectivity index (χ4n) is 2.84. The normalized spacial score (nSPS) is 17.4. The number of hydrogen-bond donors (Lipinski definition) is 1. The smallest absolute Gasteiger partial charge is 0.332 e. The lowest BCUT2D eigenvalue weighted by Gasteiger charge is -2.13. The first-order chi connectivity index (χ1) is 11.4. The highest BCUT2D eigenvalue weighted by Crippen LogP contribution is 2.20. The second-order valence-corrected chi connectivity index (χ2v) is 6.40. The Balaban J connectivity index is 2.21. The molecule has 3 rings (SSSR count). The molecule has 8 heteroatoms. The molecule has 2 aromatic rings. The molecule has 1 fully saturated rings. The Morgan fingerprint density at radius 3 is 2.71 bits per heavy atom. The average molecular weight is 333 g/mol. The highest BCUT2D eigenvalue weighted by Gasteiger charge is 2.23. The largest absolute Gasteiger partial charge is 0.460 e. The molecule has 3 heterocycles. The second kappa shape index (κ2) is 6.27. The van der Waals surface area contributed by atoms with Crippen molar-refractivity contribution in [2.24, 2.45) is 14.1 Å². The van der Waals surface area contributed by atoms with Crippen molar-refractivity contribution in [3.05, 3.63) is 32.5 Å². The minimum atomic E-state index is -0.395. The molecule has 0 saturated carbocycles. The number of aryl methyl sites for hydroxylation is 1. The summed E-state index contributed by atoms with van der Waals surface area (Å²) in [5.41, 5.74) is 1.12. The van der Waals surface area contributed by atoms with Gasteiger partial charge in [-0.25, -0.2) is 4.79 Å². The van der Waals surface area contributed by atoms with Crippen LogP contribution in [-0.2, 0) is 20.6 Å². The maximum absolute atomic E-state index is 12.6. The van der Waals surface area contributed by atoms with Gasteiger partial charge >= 0.3 is 5.69 Å². The Morgan fingerprint density at radius 2 is 2.08 bits per heavy atom. The van der Waals surface area contributed by atoms with E-state index >= 15 is 0 Å². The summed E-state index contributed by atoms with van der Waals surface area (Å²) in [4.78, 5) is 29.2. The first kappa shape index (κ1) is 16.5. The van der Waals surface area contributed by atoms with Crippen molar-refractivity contribution in [3.63, 3.8) is 0 Å². The van der Waals surface area contributed by atoms with E-state index in [1.807, 2.05) is 19.9 Å². The van der Waals surface area contributed by atoms with Crippen LogP contribution in [0.4, 0.5) is 0 Å². The Hall–Kier alpha value is -2.35. The van der Waals surface area contributed by atoms with E-state index in [-0.39, 0.29) is 11.7 Å². The first-order valence-electron chi connectivity index (χ1n) is 8.07. The van der Waals surface area contributed by atoms with Gasteiger partial charge in [-0.2, -0.15) is 4.98 Å². The number of hydrogen-bond acceptors (Lipinski definition) is 5. The Kier molecular flexibility index (Phi) is 4.31. The van der Waals surface area contributed by atoms with Gasteiger partial charge in [0.25, 0.3) is 11.6 Å². The third-order valence-corrected chi connectivity index (χ3v) is 4.28. The van der Waals surface area contributed by atoms with Crippen LogP contribution in [0.3, 0.4) is 0 Å². The molecule has 1 N–H and O–H groups in total. The Morgan fingerprint density at radius 1 is 1.33 bits per heavy atom. The van der Waals surface area contributed by atoms with Crippen LogP contribution in [0, 0.1) is 0 Å². The van der Waals surface area contributed by atoms with Gasteiger partial charge in [0, 0.05) is 27.2 Å². The van der Waals surface area contributed by atoms with Crippen LogP contribution in [0.5, 0.6) is 6.01 Å². The van der Waals surface area contributed by atoms with Crippen LogP contribution in [-0.4, -0.2) is 37.9 Å². The van der Waals surface area contributed by atoms with E-state index in [9.17, 15) is 9.59 Å². The standard InChI is InChI=1S/C16H23N5O3/c1-10(2)6-8-21-12-13(19(3)16(23)20(4)14(12)22)18-15(21)24-11-5-7-17-9-11/h6,11,17H,5,7-9H2,1-4H3/t11-/m0/s1. The van der Waals surface area contributed by atoms with E-state index in [2.05, 4.69) is 10.3 Å². The van der Waals surface area contributed by atoms with E-state index in [1.54, 1.807) is 11.6 Å². The first-order valence-corrected chi connectivity index (χ1v) is 8.07. The lowest BCUT2D eigenvalue weighted by molar-refractivity contribution is 0.198. The highest BCUT2D eigenvalue weighted by molar-refractivity contribution is 5.72. The van der Waals surface area contributed by atoms with Crippen LogP contribution in [0.25, 0.3) is 11.2 Å². The summed E-state index contributed by atoms with van der Waals surface area (Å²) in [6, 6.07) is 0.384. The van der Waals surface area contributed by atoms with Gasteiger partial charge in [-0.15, -0.1) is 0 Å². The van der Waals surface area contributed by atoms with Gasteiger partial charge < -0.3 is 10.1 Å². The van der Waals surface area contributed by atoms with Crippen molar-refractivity contribution in [3.8, 4) is 6.01 Å². The van der Waals surface area contributed by atoms with Crippen molar-refractivity contribution in [1.82, 2.24) is 24.0 Å². The third kappa shape index (κ3) is 2.77. The van der Waals surface area contributed by atoms with Crippen molar-refractivity contribution < 1.29 is 4.74 Å². The van der Waals surface area contributed by atoms with Crippen molar-refractivity contribution in [2.45, 2.75) is 32.9 Å². The van der Waals surface area contributed by atoms with Gasteiger partial charge in [0.1, 0.15) is 6.10 Å². The van der Waals surface area contributed by atoms with Gasteiger partial charge in [-0.1, -0.05) is 11.6 Å². The molecule has 1 aliphatic rings. The van der Waals surface area contributed by atoms with E-state index in [0.29, 0.717) is 23.7 Å². The number of imidazole rings is 1.